The molecule has 164 valence electrons. The quantitative estimate of drug-likeness (QED) is 0.140. The van der Waals surface area contributed by atoms with Crippen LogP contribution in [-0.4, -0.2) is 45.6 Å². The SMILES string of the molecule is N#CC(C(=O)OCCI)=C1C=CC(=O)C=C1.N#CC(C(=O)OCCI)=C1C=CC(=O)C=C1. The number of esters is 2. The van der Waals surface area contributed by atoms with E-state index >= 15 is 0 Å². The fourth-order valence-corrected chi connectivity index (χ4v) is 2.55. The van der Waals surface area contributed by atoms with Crippen LogP contribution in [0.15, 0.2) is 70.9 Å². The van der Waals surface area contributed by atoms with E-state index in [4.69, 9.17) is 20.0 Å². The zero-order valence-electron chi connectivity index (χ0n) is 16.5. The predicted molar refractivity (Wildman–Crippen MR) is 132 cm³/mol. The molecule has 0 fully saturated rings. The number of hydrogen-bond donors (Lipinski definition) is 0. The van der Waals surface area contributed by atoms with Crippen LogP contribution in [0.3, 0.4) is 0 Å². The van der Waals surface area contributed by atoms with Crippen molar-refractivity contribution >= 4 is 68.7 Å². The first-order valence-electron chi connectivity index (χ1n) is 8.93. The van der Waals surface area contributed by atoms with E-state index in [2.05, 4.69) is 45.2 Å². The molecule has 0 saturated carbocycles. The number of ketones is 2. The molecule has 0 bridgehead atoms. The van der Waals surface area contributed by atoms with Gasteiger partial charge in [0.25, 0.3) is 0 Å². The molecule has 0 amide bonds. The standard InChI is InChI=1S/2C11H8INO3/c2*12-5-6-16-11(15)10(7-13)8-1-3-9(14)4-2-8/h2*1-4H,5-6H2. The Kier molecular flexibility index (Phi) is 12.8. The Morgan fingerprint density at radius 1 is 0.688 bits per heavy atom. The van der Waals surface area contributed by atoms with E-state index < -0.39 is 11.9 Å². The lowest BCUT2D eigenvalue weighted by Crippen LogP contribution is -2.10. The first-order chi connectivity index (χ1) is 15.4. The van der Waals surface area contributed by atoms with Crippen LogP contribution in [0.25, 0.3) is 0 Å². The largest absolute Gasteiger partial charge is 0.461 e. The molecule has 0 aliphatic heterocycles. The maximum atomic E-state index is 11.5. The molecule has 0 saturated heterocycles. The molecule has 0 spiro atoms. The highest BCUT2D eigenvalue weighted by molar-refractivity contribution is 14.1. The highest BCUT2D eigenvalue weighted by Gasteiger charge is 2.16. The van der Waals surface area contributed by atoms with Gasteiger partial charge in [-0.2, -0.15) is 10.5 Å². The first-order valence-corrected chi connectivity index (χ1v) is 12.0. The van der Waals surface area contributed by atoms with E-state index in [1.165, 1.54) is 48.6 Å². The van der Waals surface area contributed by atoms with Gasteiger partial charge in [-0.1, -0.05) is 45.2 Å². The van der Waals surface area contributed by atoms with Gasteiger partial charge in [-0.05, 0) is 59.8 Å². The number of hydrogen-bond acceptors (Lipinski definition) is 8. The summed E-state index contributed by atoms with van der Waals surface area (Å²) < 4.78 is 11.0. The number of ether oxygens (including phenoxy) is 2. The second-order valence-electron chi connectivity index (χ2n) is 5.67. The van der Waals surface area contributed by atoms with Crippen molar-refractivity contribution in [2.45, 2.75) is 0 Å². The van der Waals surface area contributed by atoms with Crippen molar-refractivity contribution in [1.29, 1.82) is 10.5 Å². The summed E-state index contributed by atoms with van der Waals surface area (Å²) in [5, 5.41) is 17.7. The van der Waals surface area contributed by atoms with Crippen molar-refractivity contribution in [3.8, 4) is 12.1 Å². The van der Waals surface area contributed by atoms with E-state index in [1.54, 1.807) is 12.1 Å². The number of allylic oxidation sites excluding steroid dienone is 10. The molecule has 2 aliphatic carbocycles. The van der Waals surface area contributed by atoms with Crippen LogP contribution in [0.2, 0.25) is 0 Å². The number of carbonyl (C=O) groups is 4. The van der Waals surface area contributed by atoms with Gasteiger partial charge in [-0.15, -0.1) is 0 Å². The summed E-state index contributed by atoms with van der Waals surface area (Å²) in [5.41, 5.74) is 0.649. The van der Waals surface area contributed by atoms with Crippen LogP contribution in [0.1, 0.15) is 0 Å². The molecule has 2 aliphatic rings. The molecule has 0 aromatic rings. The molecular weight excluding hydrogens is 642 g/mol. The third kappa shape index (κ3) is 9.11. The molecular formula is C22H16I2N2O6. The molecule has 0 radical (unpaired) electrons. The van der Waals surface area contributed by atoms with E-state index in [-0.39, 0.29) is 35.9 Å². The Morgan fingerprint density at radius 2 is 1.00 bits per heavy atom. The summed E-state index contributed by atoms with van der Waals surface area (Å²) in [6.45, 7) is 0.536. The molecule has 0 aromatic carbocycles. The summed E-state index contributed by atoms with van der Waals surface area (Å²) in [6, 6.07) is 3.57. The normalized spacial score (nSPS) is 13.5. The highest BCUT2D eigenvalue weighted by Crippen LogP contribution is 2.14. The predicted octanol–water partition coefficient (Wildman–Crippen LogP) is 2.96. The van der Waals surface area contributed by atoms with Crippen LogP contribution in [0.4, 0.5) is 0 Å². The van der Waals surface area contributed by atoms with Crippen molar-refractivity contribution in [2.75, 3.05) is 22.1 Å². The lowest BCUT2D eigenvalue weighted by Gasteiger charge is -2.04. The van der Waals surface area contributed by atoms with Gasteiger partial charge in [0.05, 0.1) is 0 Å². The number of nitriles is 2. The second-order valence-corrected chi connectivity index (χ2v) is 7.83. The molecule has 0 N–H and O–H groups in total. The molecule has 8 nitrogen and oxygen atoms in total. The van der Waals surface area contributed by atoms with Gasteiger partial charge in [0.1, 0.15) is 36.5 Å². The van der Waals surface area contributed by atoms with E-state index in [1.807, 2.05) is 0 Å². The van der Waals surface area contributed by atoms with E-state index in [0.29, 0.717) is 20.0 Å². The molecule has 10 heteroatoms. The average molecular weight is 658 g/mol. The Morgan fingerprint density at radius 3 is 1.25 bits per heavy atom. The summed E-state index contributed by atoms with van der Waals surface area (Å²) in [4.78, 5) is 44.6. The van der Waals surface area contributed by atoms with E-state index in [9.17, 15) is 19.2 Å². The fraction of sp³-hybridized carbons (Fsp3) is 0.182. The minimum Gasteiger partial charge on any atom is -0.461 e. The van der Waals surface area contributed by atoms with Crippen molar-refractivity contribution in [3.05, 3.63) is 70.9 Å². The maximum absolute atomic E-state index is 11.5. The van der Waals surface area contributed by atoms with E-state index in [0.717, 1.165) is 0 Å². The van der Waals surface area contributed by atoms with Crippen molar-refractivity contribution < 1.29 is 28.7 Å². The zero-order chi connectivity index (χ0) is 23.9. The summed E-state index contributed by atoms with van der Waals surface area (Å²) >= 11 is 4.13. The number of carbonyl (C=O) groups excluding carboxylic acids is 4. The molecule has 0 aromatic heterocycles. The molecule has 0 heterocycles. The van der Waals surface area contributed by atoms with Crippen molar-refractivity contribution in [2.24, 2.45) is 0 Å². The monoisotopic (exact) mass is 658 g/mol. The first kappa shape index (κ1) is 27.2. The van der Waals surface area contributed by atoms with Gasteiger partial charge >= 0.3 is 11.9 Å². The second kappa shape index (κ2) is 15.0. The number of rotatable bonds is 6. The minimum atomic E-state index is -0.655. The van der Waals surface area contributed by atoms with Gasteiger partial charge in [-0.25, -0.2) is 9.59 Å². The van der Waals surface area contributed by atoms with Crippen LogP contribution in [0, 0.1) is 22.7 Å². The van der Waals surface area contributed by atoms with Gasteiger partial charge in [0.15, 0.2) is 11.6 Å². The zero-order valence-corrected chi connectivity index (χ0v) is 20.9. The molecule has 2 rings (SSSR count). The van der Waals surface area contributed by atoms with Gasteiger partial charge in [0, 0.05) is 8.86 Å². The minimum absolute atomic E-state index is 0.0788. The third-order valence-electron chi connectivity index (χ3n) is 3.54. The molecule has 0 unspecified atom stereocenters. The lowest BCUT2D eigenvalue weighted by atomic mass is 10.0. The number of alkyl halides is 2. The number of halogens is 2. The highest BCUT2D eigenvalue weighted by atomic mass is 127. The smallest absolute Gasteiger partial charge is 0.349 e. The Bertz CT molecular complexity index is 929. The fourth-order valence-electron chi connectivity index (χ4n) is 2.11. The maximum Gasteiger partial charge on any atom is 0.349 e. The lowest BCUT2D eigenvalue weighted by molar-refractivity contribution is -0.138. The van der Waals surface area contributed by atoms with Crippen LogP contribution >= 0.6 is 45.2 Å². The van der Waals surface area contributed by atoms with Crippen LogP contribution < -0.4 is 0 Å². The third-order valence-corrected chi connectivity index (χ3v) is 4.42. The number of nitrogens with zero attached hydrogens (tertiary/aromatic N) is 2. The van der Waals surface area contributed by atoms with Crippen LogP contribution in [0.5, 0.6) is 0 Å². The van der Waals surface area contributed by atoms with Gasteiger partial charge in [0.2, 0.25) is 0 Å². The Labute approximate surface area is 211 Å². The van der Waals surface area contributed by atoms with Crippen molar-refractivity contribution in [3.63, 3.8) is 0 Å². The topological polar surface area (TPSA) is 134 Å². The summed E-state index contributed by atoms with van der Waals surface area (Å²) in [6.07, 6.45) is 11.0. The van der Waals surface area contributed by atoms with Gasteiger partial charge < -0.3 is 9.47 Å². The van der Waals surface area contributed by atoms with Crippen molar-refractivity contribution in [1.82, 2.24) is 0 Å². The Balaban J connectivity index is 0.000000320. The molecule has 0 atom stereocenters. The molecule has 32 heavy (non-hydrogen) atoms. The average Bonchev–Trinajstić information content (AvgIpc) is 2.80. The Hall–Kier alpha value is -2.84. The summed E-state index contributed by atoms with van der Waals surface area (Å²) in [5.74, 6) is -1.64. The summed E-state index contributed by atoms with van der Waals surface area (Å²) in [7, 11) is 0. The van der Waals surface area contributed by atoms with Crippen LogP contribution in [-0.2, 0) is 28.7 Å². The van der Waals surface area contributed by atoms with Gasteiger partial charge in [-0.3, -0.25) is 9.59 Å².